The third-order valence-corrected chi connectivity index (χ3v) is 7.23. The van der Waals surface area contributed by atoms with Crippen LogP contribution in [0, 0.1) is 13.8 Å². The van der Waals surface area contributed by atoms with Gasteiger partial charge in [0.1, 0.15) is 0 Å². The lowest BCUT2D eigenvalue weighted by atomic mass is 9.99. The third kappa shape index (κ3) is 9.72. The molecule has 5 heteroatoms. The molecule has 0 radical (unpaired) electrons. The zero-order valence-corrected chi connectivity index (χ0v) is 22.3. The summed E-state index contributed by atoms with van der Waals surface area (Å²) in [5.74, 6) is 0. The quantitative estimate of drug-likeness (QED) is 0.241. The smallest absolute Gasteiger partial charge is 0.402 e. The molecule has 0 aromatic heterocycles. The fraction of sp³-hybridized carbons (Fsp3) is 0.600. The highest BCUT2D eigenvalue weighted by Crippen LogP contribution is 2.30. The van der Waals surface area contributed by atoms with Crippen molar-refractivity contribution in [2.45, 2.75) is 97.1 Å². The van der Waals surface area contributed by atoms with E-state index in [1.54, 1.807) is 0 Å². The second kappa shape index (κ2) is 15.5. The summed E-state index contributed by atoms with van der Waals surface area (Å²) in [4.78, 5) is 2.51. The molecule has 4 nitrogen and oxygen atoms in total. The molecule has 2 atom stereocenters. The molecular formula is C30H46BNO3. The largest absolute Gasteiger partial charge is 0.637 e. The van der Waals surface area contributed by atoms with Gasteiger partial charge in [-0.1, -0.05) is 124 Å². The molecule has 0 aliphatic carbocycles. The predicted octanol–water partition coefficient (Wildman–Crippen LogP) is 7.33. The fourth-order valence-electron chi connectivity index (χ4n) is 4.95. The van der Waals surface area contributed by atoms with Gasteiger partial charge >= 0.3 is 7.32 Å². The van der Waals surface area contributed by atoms with Crippen LogP contribution < -0.4 is 0 Å². The van der Waals surface area contributed by atoms with Crippen LogP contribution in [0.25, 0.3) is 0 Å². The number of nitrogens with zero attached hydrogens (tertiary/aromatic N) is 1. The van der Waals surface area contributed by atoms with Gasteiger partial charge in [0.05, 0.1) is 18.8 Å². The number of hydrogen-bond acceptors (Lipinski definition) is 4. The molecule has 0 saturated carbocycles. The minimum absolute atomic E-state index is 0.0978. The van der Waals surface area contributed by atoms with Crippen LogP contribution in [0.3, 0.4) is 0 Å². The van der Waals surface area contributed by atoms with E-state index in [9.17, 15) is 5.02 Å². The molecule has 35 heavy (non-hydrogen) atoms. The molecule has 192 valence electrons. The van der Waals surface area contributed by atoms with Gasteiger partial charge in [-0.25, -0.2) is 0 Å². The molecule has 0 bridgehead atoms. The predicted molar refractivity (Wildman–Crippen MR) is 146 cm³/mol. The lowest BCUT2D eigenvalue weighted by molar-refractivity contribution is -0.00208. The topological polar surface area (TPSA) is 41.9 Å². The molecule has 2 aromatic carbocycles. The summed E-state index contributed by atoms with van der Waals surface area (Å²) in [6.07, 6.45) is 13.1. The molecule has 2 aromatic rings. The first kappa shape index (κ1) is 27.9. The van der Waals surface area contributed by atoms with Crippen molar-refractivity contribution < 1.29 is 14.3 Å². The molecular weight excluding hydrogens is 433 g/mol. The van der Waals surface area contributed by atoms with Crippen LogP contribution >= 0.6 is 0 Å². The fourth-order valence-corrected chi connectivity index (χ4v) is 4.95. The van der Waals surface area contributed by atoms with Crippen LogP contribution in [0.15, 0.2) is 48.5 Å². The Labute approximate surface area is 214 Å². The minimum Gasteiger partial charge on any atom is -0.402 e. The molecule has 1 aliphatic heterocycles. The monoisotopic (exact) mass is 479 g/mol. The first-order valence-corrected chi connectivity index (χ1v) is 13.9. The maximum Gasteiger partial charge on any atom is 0.637 e. The summed E-state index contributed by atoms with van der Waals surface area (Å²) in [7, 11) is -1.21. The summed E-state index contributed by atoms with van der Waals surface area (Å²) in [6, 6.07) is 17.2. The molecule has 1 saturated heterocycles. The highest BCUT2D eigenvalue weighted by Gasteiger charge is 2.33. The molecule has 1 N–H and O–H groups in total. The van der Waals surface area contributed by atoms with E-state index >= 15 is 0 Å². The van der Waals surface area contributed by atoms with Crippen molar-refractivity contribution in [3.8, 4) is 0 Å². The average Bonchev–Trinajstić information content (AvgIpc) is 2.85. The minimum atomic E-state index is -1.21. The normalized spacial score (nSPS) is 19.5. The Morgan fingerprint density at radius 1 is 0.771 bits per heavy atom. The first-order chi connectivity index (χ1) is 17.1. The number of rotatable bonds is 13. The lowest BCUT2D eigenvalue weighted by Gasteiger charge is -2.37. The first-order valence-electron chi connectivity index (χ1n) is 13.9. The molecule has 3 rings (SSSR count). The van der Waals surface area contributed by atoms with Crippen molar-refractivity contribution in [3.63, 3.8) is 0 Å². The Balaban J connectivity index is 1.61. The lowest BCUT2D eigenvalue weighted by Crippen LogP contribution is -2.43. The van der Waals surface area contributed by atoms with Gasteiger partial charge < -0.3 is 14.3 Å². The number of benzene rings is 2. The van der Waals surface area contributed by atoms with Gasteiger partial charge in [-0.2, -0.15) is 0 Å². The second-order valence-corrected chi connectivity index (χ2v) is 10.3. The summed E-state index contributed by atoms with van der Waals surface area (Å²) in [5, 5.41) is 10.4. The highest BCUT2D eigenvalue weighted by atomic mass is 16.7. The molecule has 0 amide bonds. The van der Waals surface area contributed by atoms with E-state index in [1.807, 2.05) is 0 Å². The van der Waals surface area contributed by atoms with Crippen molar-refractivity contribution in [3.05, 3.63) is 70.8 Å². The summed E-state index contributed by atoms with van der Waals surface area (Å²) in [5.41, 5.74) is 4.79. The van der Waals surface area contributed by atoms with Crippen LogP contribution in [0.5, 0.6) is 0 Å². The zero-order chi connectivity index (χ0) is 24.9. The Bertz CT molecular complexity index is 827. The van der Waals surface area contributed by atoms with Gasteiger partial charge in [-0.3, -0.25) is 4.90 Å². The zero-order valence-electron chi connectivity index (χ0n) is 22.3. The molecule has 2 unspecified atom stereocenters. The Kier molecular flexibility index (Phi) is 12.3. The number of aryl methyl sites for hydroxylation is 2. The second-order valence-electron chi connectivity index (χ2n) is 10.3. The van der Waals surface area contributed by atoms with E-state index in [0.29, 0.717) is 6.61 Å². The number of unbranched alkanes of at least 4 members (excludes halogenated alkanes) is 9. The SMILES string of the molecule is CCCCCCCCCCCCN1CC(c2ccc(C)cc2)OB(O)OCC1c1ccc(C)cc1. The Morgan fingerprint density at radius 3 is 1.86 bits per heavy atom. The van der Waals surface area contributed by atoms with Crippen LogP contribution in [-0.4, -0.2) is 36.9 Å². The van der Waals surface area contributed by atoms with Crippen molar-refractivity contribution in [2.75, 3.05) is 19.7 Å². The van der Waals surface area contributed by atoms with E-state index in [-0.39, 0.29) is 12.1 Å². The van der Waals surface area contributed by atoms with E-state index < -0.39 is 7.32 Å². The van der Waals surface area contributed by atoms with Crippen LogP contribution in [-0.2, 0) is 9.31 Å². The molecule has 1 heterocycles. The number of hydrogen-bond donors (Lipinski definition) is 1. The Hall–Kier alpha value is -1.66. The molecule has 1 aliphatic rings. The van der Waals surface area contributed by atoms with E-state index in [2.05, 4.69) is 74.2 Å². The van der Waals surface area contributed by atoms with Crippen molar-refractivity contribution >= 4 is 7.32 Å². The van der Waals surface area contributed by atoms with E-state index in [4.69, 9.17) is 9.31 Å². The van der Waals surface area contributed by atoms with Crippen LogP contribution in [0.1, 0.15) is 106 Å². The van der Waals surface area contributed by atoms with Crippen LogP contribution in [0.4, 0.5) is 0 Å². The van der Waals surface area contributed by atoms with Gasteiger partial charge in [-0.05, 0) is 37.9 Å². The average molecular weight is 480 g/mol. The van der Waals surface area contributed by atoms with Crippen LogP contribution in [0.2, 0.25) is 0 Å². The van der Waals surface area contributed by atoms with Crippen molar-refractivity contribution in [1.82, 2.24) is 4.90 Å². The molecule has 1 fully saturated rings. The maximum atomic E-state index is 10.4. The van der Waals surface area contributed by atoms with Gasteiger partial charge in [0.2, 0.25) is 0 Å². The maximum absolute atomic E-state index is 10.4. The molecule has 0 spiro atoms. The summed E-state index contributed by atoms with van der Waals surface area (Å²) >= 11 is 0. The highest BCUT2D eigenvalue weighted by molar-refractivity contribution is 6.34. The summed E-state index contributed by atoms with van der Waals surface area (Å²) in [6.45, 7) is 8.64. The summed E-state index contributed by atoms with van der Waals surface area (Å²) < 4.78 is 11.7. The van der Waals surface area contributed by atoms with Gasteiger partial charge in [0.15, 0.2) is 0 Å². The third-order valence-electron chi connectivity index (χ3n) is 7.23. The van der Waals surface area contributed by atoms with Crippen molar-refractivity contribution in [2.24, 2.45) is 0 Å². The standard InChI is InChI=1S/C30H46BNO3/c1-4-5-6-7-8-9-10-11-12-13-22-32-23-30(28-20-16-26(3)17-21-28)35-31(33)34-24-29(32)27-18-14-25(2)15-19-27/h14-21,29-30,33H,4-13,22-24H2,1-3H3. The van der Waals surface area contributed by atoms with E-state index in [0.717, 1.165) is 18.7 Å². The van der Waals surface area contributed by atoms with Crippen molar-refractivity contribution in [1.29, 1.82) is 0 Å². The Morgan fingerprint density at radius 2 is 1.29 bits per heavy atom. The van der Waals surface area contributed by atoms with Gasteiger partial charge in [-0.15, -0.1) is 0 Å². The van der Waals surface area contributed by atoms with Gasteiger partial charge in [0.25, 0.3) is 0 Å². The van der Waals surface area contributed by atoms with Gasteiger partial charge in [0, 0.05) is 6.54 Å². The van der Waals surface area contributed by atoms with E-state index in [1.165, 1.54) is 80.9 Å².